The highest BCUT2D eigenvalue weighted by Crippen LogP contribution is 2.12. The summed E-state index contributed by atoms with van der Waals surface area (Å²) < 4.78 is 30.7. The SMILES string of the molecule is COC(=O)CCN1CCN(Cc2ccc(F)c(F)c2)CC1. The molecule has 0 bridgehead atoms. The van der Waals surface area contributed by atoms with Crippen molar-refractivity contribution in [2.45, 2.75) is 13.0 Å². The van der Waals surface area contributed by atoms with Crippen LogP contribution in [0.5, 0.6) is 0 Å². The van der Waals surface area contributed by atoms with Crippen molar-refractivity contribution in [3.05, 3.63) is 35.4 Å². The number of rotatable bonds is 5. The Morgan fingerprint density at radius 3 is 2.43 bits per heavy atom. The van der Waals surface area contributed by atoms with E-state index >= 15 is 0 Å². The minimum atomic E-state index is -0.814. The predicted octanol–water partition coefficient (Wildman–Crippen LogP) is 1.65. The summed E-state index contributed by atoms with van der Waals surface area (Å²) in [6.45, 7) is 4.73. The van der Waals surface area contributed by atoms with E-state index in [1.807, 2.05) is 0 Å². The second-order valence-electron chi connectivity index (χ2n) is 5.19. The Kier molecular flexibility index (Phi) is 5.64. The normalized spacial score (nSPS) is 16.9. The Hall–Kier alpha value is -1.53. The molecule has 1 aromatic carbocycles. The van der Waals surface area contributed by atoms with E-state index in [1.54, 1.807) is 6.07 Å². The van der Waals surface area contributed by atoms with Gasteiger partial charge in [-0.3, -0.25) is 9.69 Å². The molecule has 4 nitrogen and oxygen atoms in total. The van der Waals surface area contributed by atoms with Crippen LogP contribution >= 0.6 is 0 Å². The van der Waals surface area contributed by atoms with Gasteiger partial charge in [-0.25, -0.2) is 8.78 Å². The molecular weight excluding hydrogens is 278 g/mol. The standard InChI is InChI=1S/C15H20F2N2O2/c1-21-15(20)4-5-18-6-8-19(9-7-18)11-12-2-3-13(16)14(17)10-12/h2-3,10H,4-9,11H2,1H3. The van der Waals surface area contributed by atoms with Crippen molar-refractivity contribution in [2.75, 3.05) is 39.8 Å². The molecule has 0 amide bonds. The molecule has 2 rings (SSSR count). The van der Waals surface area contributed by atoms with E-state index in [-0.39, 0.29) is 5.97 Å². The predicted molar refractivity (Wildman–Crippen MR) is 74.7 cm³/mol. The van der Waals surface area contributed by atoms with Crippen LogP contribution < -0.4 is 0 Å². The van der Waals surface area contributed by atoms with Crippen molar-refractivity contribution < 1.29 is 18.3 Å². The lowest BCUT2D eigenvalue weighted by Crippen LogP contribution is -2.46. The molecule has 21 heavy (non-hydrogen) atoms. The first kappa shape index (κ1) is 15.9. The van der Waals surface area contributed by atoms with Gasteiger partial charge < -0.3 is 9.64 Å². The maximum Gasteiger partial charge on any atom is 0.306 e. The lowest BCUT2D eigenvalue weighted by molar-refractivity contribution is -0.141. The highest BCUT2D eigenvalue weighted by Gasteiger charge is 2.18. The van der Waals surface area contributed by atoms with Crippen LogP contribution in [0.4, 0.5) is 8.78 Å². The summed E-state index contributed by atoms with van der Waals surface area (Å²) in [4.78, 5) is 15.5. The first-order chi connectivity index (χ1) is 10.1. The molecule has 1 aliphatic rings. The van der Waals surface area contributed by atoms with Crippen molar-refractivity contribution in [3.8, 4) is 0 Å². The van der Waals surface area contributed by atoms with Gasteiger partial charge in [0.25, 0.3) is 0 Å². The van der Waals surface area contributed by atoms with Gasteiger partial charge in [-0.1, -0.05) is 6.07 Å². The van der Waals surface area contributed by atoms with Crippen LogP contribution in [0, 0.1) is 11.6 Å². The number of nitrogens with zero attached hydrogens (tertiary/aromatic N) is 2. The molecule has 1 saturated heterocycles. The largest absolute Gasteiger partial charge is 0.469 e. The number of benzene rings is 1. The van der Waals surface area contributed by atoms with Crippen molar-refractivity contribution in [2.24, 2.45) is 0 Å². The molecule has 0 atom stereocenters. The lowest BCUT2D eigenvalue weighted by Gasteiger charge is -2.34. The van der Waals surface area contributed by atoms with Crippen LogP contribution in [0.25, 0.3) is 0 Å². The second kappa shape index (κ2) is 7.47. The van der Waals surface area contributed by atoms with E-state index < -0.39 is 11.6 Å². The average molecular weight is 298 g/mol. The Balaban J connectivity index is 1.76. The monoisotopic (exact) mass is 298 g/mol. The maximum absolute atomic E-state index is 13.2. The number of piperazine rings is 1. The van der Waals surface area contributed by atoms with Crippen LogP contribution in [0.3, 0.4) is 0 Å². The van der Waals surface area contributed by atoms with E-state index in [0.717, 1.165) is 37.8 Å². The third-order valence-electron chi connectivity index (χ3n) is 3.71. The molecule has 0 aromatic heterocycles. The summed E-state index contributed by atoms with van der Waals surface area (Å²) in [6, 6.07) is 4.03. The van der Waals surface area contributed by atoms with Crippen molar-refractivity contribution in [3.63, 3.8) is 0 Å². The quantitative estimate of drug-likeness (QED) is 0.774. The molecule has 0 N–H and O–H groups in total. The maximum atomic E-state index is 13.2. The van der Waals surface area contributed by atoms with Gasteiger partial charge in [0.1, 0.15) is 0 Å². The van der Waals surface area contributed by atoms with E-state index in [0.29, 0.717) is 19.5 Å². The summed E-state index contributed by atoms with van der Waals surface area (Å²) in [7, 11) is 1.39. The Labute approximate surface area is 123 Å². The van der Waals surface area contributed by atoms with E-state index in [4.69, 9.17) is 0 Å². The zero-order valence-corrected chi connectivity index (χ0v) is 12.1. The fourth-order valence-electron chi connectivity index (χ4n) is 2.42. The van der Waals surface area contributed by atoms with Gasteiger partial charge >= 0.3 is 5.97 Å². The topological polar surface area (TPSA) is 32.8 Å². The molecule has 1 aliphatic heterocycles. The van der Waals surface area contributed by atoms with Crippen molar-refractivity contribution in [1.29, 1.82) is 0 Å². The number of esters is 1. The average Bonchev–Trinajstić information content (AvgIpc) is 2.50. The summed E-state index contributed by atoms with van der Waals surface area (Å²) in [5.41, 5.74) is 0.775. The van der Waals surface area contributed by atoms with Crippen LogP contribution in [-0.4, -0.2) is 55.6 Å². The van der Waals surface area contributed by atoms with Gasteiger partial charge in [0.2, 0.25) is 0 Å². The summed E-state index contributed by atoms with van der Waals surface area (Å²) in [5, 5.41) is 0. The van der Waals surface area contributed by atoms with Crippen LogP contribution in [0.15, 0.2) is 18.2 Å². The highest BCUT2D eigenvalue weighted by atomic mass is 19.2. The molecule has 0 unspecified atom stereocenters. The molecule has 1 heterocycles. The van der Waals surface area contributed by atoms with Gasteiger partial charge in [-0.05, 0) is 17.7 Å². The Bertz CT molecular complexity index is 489. The van der Waals surface area contributed by atoms with Gasteiger partial charge in [-0.15, -0.1) is 0 Å². The van der Waals surface area contributed by atoms with Gasteiger partial charge in [0.15, 0.2) is 11.6 Å². The molecule has 1 fully saturated rings. The van der Waals surface area contributed by atoms with Gasteiger partial charge in [0, 0.05) is 39.3 Å². The van der Waals surface area contributed by atoms with Gasteiger partial charge in [0.05, 0.1) is 13.5 Å². The number of hydrogen-bond donors (Lipinski definition) is 0. The van der Waals surface area contributed by atoms with Gasteiger partial charge in [-0.2, -0.15) is 0 Å². The van der Waals surface area contributed by atoms with Crippen LogP contribution in [-0.2, 0) is 16.1 Å². The number of carbonyl (C=O) groups is 1. The molecule has 0 aliphatic carbocycles. The smallest absolute Gasteiger partial charge is 0.306 e. The minimum Gasteiger partial charge on any atom is -0.469 e. The molecular formula is C15H20F2N2O2. The fraction of sp³-hybridized carbons (Fsp3) is 0.533. The highest BCUT2D eigenvalue weighted by molar-refractivity contribution is 5.69. The number of halogens is 2. The molecule has 0 radical (unpaired) electrons. The molecule has 1 aromatic rings. The fourth-order valence-corrected chi connectivity index (χ4v) is 2.42. The molecule has 0 spiro atoms. The van der Waals surface area contributed by atoms with E-state index in [9.17, 15) is 13.6 Å². The Morgan fingerprint density at radius 2 is 1.81 bits per heavy atom. The number of hydrogen-bond acceptors (Lipinski definition) is 4. The van der Waals surface area contributed by atoms with E-state index in [1.165, 1.54) is 13.2 Å². The van der Waals surface area contributed by atoms with Crippen LogP contribution in [0.2, 0.25) is 0 Å². The summed E-state index contributed by atoms with van der Waals surface area (Å²) >= 11 is 0. The zero-order valence-electron chi connectivity index (χ0n) is 12.1. The Morgan fingerprint density at radius 1 is 1.14 bits per heavy atom. The molecule has 116 valence electrons. The first-order valence-electron chi connectivity index (χ1n) is 7.04. The van der Waals surface area contributed by atoms with Crippen molar-refractivity contribution in [1.82, 2.24) is 9.80 Å². The first-order valence-corrected chi connectivity index (χ1v) is 7.04. The summed E-state index contributed by atoms with van der Waals surface area (Å²) in [5.74, 6) is -1.81. The van der Waals surface area contributed by atoms with E-state index in [2.05, 4.69) is 14.5 Å². The number of carbonyl (C=O) groups excluding carboxylic acids is 1. The second-order valence-corrected chi connectivity index (χ2v) is 5.19. The van der Waals surface area contributed by atoms with Crippen LogP contribution in [0.1, 0.15) is 12.0 Å². The molecule has 6 heteroatoms. The third kappa shape index (κ3) is 4.75. The number of ether oxygens (including phenoxy) is 1. The minimum absolute atomic E-state index is 0.195. The summed E-state index contributed by atoms with van der Waals surface area (Å²) in [6.07, 6.45) is 0.402. The molecule has 0 saturated carbocycles. The lowest BCUT2D eigenvalue weighted by atomic mass is 10.2. The zero-order chi connectivity index (χ0) is 15.2. The third-order valence-corrected chi connectivity index (χ3v) is 3.71. The van der Waals surface area contributed by atoms with Crippen molar-refractivity contribution >= 4 is 5.97 Å². The number of methoxy groups -OCH3 is 1.